The van der Waals surface area contributed by atoms with Crippen LogP contribution >= 0.6 is 11.6 Å². The van der Waals surface area contributed by atoms with Crippen LogP contribution in [0.5, 0.6) is 0 Å². The number of carbonyl (C=O) groups is 3. The maximum atomic E-state index is 12.4. The fourth-order valence-electron chi connectivity index (χ4n) is 2.38. The molecule has 0 aromatic heterocycles. The van der Waals surface area contributed by atoms with Crippen LogP contribution in [-0.2, 0) is 11.3 Å². The van der Waals surface area contributed by atoms with E-state index in [-0.39, 0.29) is 17.8 Å². The summed E-state index contributed by atoms with van der Waals surface area (Å²) in [4.78, 5) is 36.4. The molecule has 2 aromatic rings. The van der Waals surface area contributed by atoms with Crippen molar-refractivity contribution >= 4 is 35.6 Å². The molecule has 0 aliphatic carbocycles. The quantitative estimate of drug-likeness (QED) is 0.651. The van der Waals surface area contributed by atoms with Gasteiger partial charge in [0.2, 0.25) is 0 Å². The molecule has 6 nitrogen and oxygen atoms in total. The minimum Gasteiger partial charge on any atom is -0.478 e. The van der Waals surface area contributed by atoms with E-state index in [9.17, 15) is 14.4 Å². The number of imide groups is 1. The molecule has 0 radical (unpaired) electrons. The van der Waals surface area contributed by atoms with E-state index in [0.29, 0.717) is 10.6 Å². The summed E-state index contributed by atoms with van der Waals surface area (Å²) in [7, 11) is 0. The number of hydrogen-bond acceptors (Lipinski definition) is 3. The first-order valence-electron chi connectivity index (χ1n) is 7.36. The largest absolute Gasteiger partial charge is 0.478 e. The summed E-state index contributed by atoms with van der Waals surface area (Å²) >= 11 is 5.82. The Morgan fingerprint density at radius 3 is 2.32 bits per heavy atom. The van der Waals surface area contributed by atoms with Gasteiger partial charge in [0.1, 0.15) is 5.70 Å². The molecular weight excluding hydrogens is 344 g/mol. The van der Waals surface area contributed by atoms with E-state index in [1.165, 1.54) is 18.2 Å². The highest BCUT2D eigenvalue weighted by molar-refractivity contribution is 6.30. The molecule has 1 aliphatic heterocycles. The van der Waals surface area contributed by atoms with Gasteiger partial charge in [0.25, 0.3) is 5.91 Å². The molecule has 126 valence electrons. The number of nitrogens with zero attached hydrogens (tertiary/aromatic N) is 1. The SMILES string of the molecule is O=C(O)c1ccc(C=C2NC(=O)N(Cc3ccc(Cl)cc3)C2=O)cc1. The summed E-state index contributed by atoms with van der Waals surface area (Å²) in [5.74, 6) is -1.47. The molecule has 3 rings (SSSR count). The second kappa shape index (κ2) is 6.78. The van der Waals surface area contributed by atoms with Crippen molar-refractivity contribution in [2.75, 3.05) is 0 Å². The highest BCUT2D eigenvalue weighted by Crippen LogP contribution is 2.18. The Morgan fingerprint density at radius 1 is 1.08 bits per heavy atom. The summed E-state index contributed by atoms with van der Waals surface area (Å²) in [5.41, 5.74) is 1.68. The zero-order chi connectivity index (χ0) is 18.0. The van der Waals surface area contributed by atoms with Gasteiger partial charge in [-0.1, -0.05) is 35.9 Å². The van der Waals surface area contributed by atoms with Gasteiger partial charge in [0, 0.05) is 5.02 Å². The van der Waals surface area contributed by atoms with Gasteiger partial charge < -0.3 is 10.4 Å². The van der Waals surface area contributed by atoms with Crippen LogP contribution in [0, 0.1) is 0 Å². The Bertz CT molecular complexity index is 873. The maximum absolute atomic E-state index is 12.4. The molecule has 2 aromatic carbocycles. The second-order valence-corrected chi connectivity index (χ2v) is 5.87. The molecule has 0 atom stereocenters. The van der Waals surface area contributed by atoms with Crippen LogP contribution in [0.2, 0.25) is 5.02 Å². The van der Waals surface area contributed by atoms with E-state index in [4.69, 9.17) is 16.7 Å². The lowest BCUT2D eigenvalue weighted by Crippen LogP contribution is -2.30. The monoisotopic (exact) mass is 356 g/mol. The molecule has 0 unspecified atom stereocenters. The van der Waals surface area contributed by atoms with Crippen LogP contribution in [0.15, 0.2) is 54.2 Å². The Morgan fingerprint density at radius 2 is 1.72 bits per heavy atom. The predicted molar refractivity (Wildman–Crippen MR) is 91.9 cm³/mol. The maximum Gasteiger partial charge on any atom is 0.335 e. The Labute approximate surface area is 148 Å². The van der Waals surface area contributed by atoms with Crippen molar-refractivity contribution in [2.45, 2.75) is 6.54 Å². The third kappa shape index (κ3) is 3.70. The first-order valence-corrected chi connectivity index (χ1v) is 7.74. The number of carboxylic acid groups (broad SMARTS) is 1. The summed E-state index contributed by atoms with van der Waals surface area (Å²) in [6.45, 7) is 0.136. The van der Waals surface area contributed by atoms with Gasteiger partial charge in [-0.05, 0) is 41.5 Å². The smallest absolute Gasteiger partial charge is 0.335 e. The normalized spacial score (nSPS) is 15.6. The van der Waals surface area contributed by atoms with Gasteiger partial charge in [-0.15, -0.1) is 0 Å². The Balaban J connectivity index is 1.78. The number of hydrogen-bond donors (Lipinski definition) is 2. The van der Waals surface area contributed by atoms with Crippen LogP contribution in [0.3, 0.4) is 0 Å². The third-order valence-electron chi connectivity index (χ3n) is 3.68. The molecule has 1 aliphatic rings. The lowest BCUT2D eigenvalue weighted by molar-refractivity contribution is -0.123. The lowest BCUT2D eigenvalue weighted by Gasteiger charge is -2.11. The van der Waals surface area contributed by atoms with E-state index < -0.39 is 17.9 Å². The van der Waals surface area contributed by atoms with Crippen molar-refractivity contribution in [2.24, 2.45) is 0 Å². The molecule has 3 amide bonds. The average Bonchev–Trinajstić information content (AvgIpc) is 2.85. The minimum atomic E-state index is -1.03. The van der Waals surface area contributed by atoms with E-state index in [0.717, 1.165) is 10.5 Å². The molecule has 0 spiro atoms. The van der Waals surface area contributed by atoms with Gasteiger partial charge in [-0.2, -0.15) is 0 Å². The molecular formula is C18H13ClN2O4. The van der Waals surface area contributed by atoms with Crippen LogP contribution in [0.4, 0.5) is 4.79 Å². The van der Waals surface area contributed by atoms with Crippen LogP contribution in [-0.4, -0.2) is 27.9 Å². The van der Waals surface area contributed by atoms with E-state index in [2.05, 4.69) is 5.32 Å². The molecule has 1 saturated heterocycles. The molecule has 0 bridgehead atoms. The fraction of sp³-hybridized carbons (Fsp3) is 0.0556. The molecule has 7 heteroatoms. The number of rotatable bonds is 4. The number of urea groups is 1. The van der Waals surface area contributed by atoms with E-state index in [1.807, 2.05) is 0 Å². The molecule has 25 heavy (non-hydrogen) atoms. The number of aromatic carboxylic acids is 1. The first kappa shape index (κ1) is 16.7. The van der Waals surface area contributed by atoms with E-state index in [1.54, 1.807) is 36.4 Å². The van der Waals surface area contributed by atoms with Crippen molar-refractivity contribution in [3.63, 3.8) is 0 Å². The van der Waals surface area contributed by atoms with Crippen LogP contribution in [0.1, 0.15) is 21.5 Å². The Hall–Kier alpha value is -3.12. The van der Waals surface area contributed by atoms with E-state index >= 15 is 0 Å². The average molecular weight is 357 g/mol. The van der Waals surface area contributed by atoms with Gasteiger partial charge in [0.15, 0.2) is 0 Å². The zero-order valence-electron chi connectivity index (χ0n) is 12.9. The summed E-state index contributed by atoms with van der Waals surface area (Å²) in [6.07, 6.45) is 1.51. The molecule has 1 heterocycles. The summed E-state index contributed by atoms with van der Waals surface area (Å²) in [6, 6.07) is 12.4. The lowest BCUT2D eigenvalue weighted by atomic mass is 10.1. The van der Waals surface area contributed by atoms with Crippen molar-refractivity contribution < 1.29 is 19.5 Å². The molecule has 1 fully saturated rings. The van der Waals surface area contributed by atoms with Gasteiger partial charge in [0.05, 0.1) is 12.1 Å². The van der Waals surface area contributed by atoms with Gasteiger partial charge >= 0.3 is 12.0 Å². The number of benzene rings is 2. The van der Waals surface area contributed by atoms with Crippen molar-refractivity contribution in [3.05, 3.63) is 75.9 Å². The fourth-order valence-corrected chi connectivity index (χ4v) is 2.50. The van der Waals surface area contributed by atoms with Gasteiger partial charge in [-0.25, -0.2) is 9.59 Å². The number of carbonyl (C=O) groups excluding carboxylic acids is 2. The van der Waals surface area contributed by atoms with Gasteiger partial charge in [-0.3, -0.25) is 9.69 Å². The number of halogens is 1. The predicted octanol–water partition coefficient (Wildman–Crippen LogP) is 3.13. The van der Waals surface area contributed by atoms with Crippen LogP contribution < -0.4 is 5.32 Å². The Kier molecular flexibility index (Phi) is 4.54. The zero-order valence-corrected chi connectivity index (χ0v) is 13.7. The summed E-state index contributed by atoms with van der Waals surface area (Å²) < 4.78 is 0. The number of amides is 3. The molecule has 0 saturated carbocycles. The highest BCUT2D eigenvalue weighted by atomic mass is 35.5. The van der Waals surface area contributed by atoms with Crippen molar-refractivity contribution in [3.8, 4) is 0 Å². The minimum absolute atomic E-state index is 0.136. The van der Waals surface area contributed by atoms with Crippen molar-refractivity contribution in [1.29, 1.82) is 0 Å². The third-order valence-corrected chi connectivity index (χ3v) is 3.94. The van der Waals surface area contributed by atoms with Crippen molar-refractivity contribution in [1.82, 2.24) is 10.2 Å². The first-order chi connectivity index (χ1) is 11.9. The molecule has 2 N–H and O–H groups in total. The highest BCUT2D eigenvalue weighted by Gasteiger charge is 2.33. The second-order valence-electron chi connectivity index (χ2n) is 5.43. The topological polar surface area (TPSA) is 86.7 Å². The number of nitrogens with one attached hydrogen (secondary N) is 1. The number of carboxylic acids is 1. The van der Waals surface area contributed by atoms with Crippen LogP contribution in [0.25, 0.3) is 6.08 Å². The summed E-state index contributed by atoms with van der Waals surface area (Å²) in [5, 5.41) is 12.0. The standard InChI is InChI=1S/C18H13ClN2O4/c19-14-7-3-12(4-8-14)10-21-16(22)15(20-18(21)25)9-11-1-5-13(6-2-11)17(23)24/h1-9H,10H2,(H,20,25)(H,23,24).